The van der Waals surface area contributed by atoms with Crippen molar-refractivity contribution in [3.63, 3.8) is 0 Å². The maximum absolute atomic E-state index is 13.2. The van der Waals surface area contributed by atoms with Crippen LogP contribution in [0.2, 0.25) is 0 Å². The van der Waals surface area contributed by atoms with Gasteiger partial charge in [0, 0.05) is 46.8 Å². The number of hydrogen-bond acceptors (Lipinski definition) is 3. The first kappa shape index (κ1) is 25.3. The highest BCUT2D eigenvalue weighted by Crippen LogP contribution is 2.37. The van der Waals surface area contributed by atoms with Gasteiger partial charge in [0.15, 0.2) is 0 Å². The van der Waals surface area contributed by atoms with E-state index in [1.807, 2.05) is 56.6 Å². The standard InChI is InChI=1S/C33H34N4O/c1-22-28(27-10-6-7-11-30(27)35-22)20-32(38)36-25-16-17-31(37(5)26-9-8-18-34-21-26)29(19-25)23-12-14-24(15-13-23)33(2,3)4/h6-19,21,35H,20H2,1-5H3,(H,36,38). The lowest BCUT2D eigenvalue weighted by Gasteiger charge is -2.24. The summed E-state index contributed by atoms with van der Waals surface area (Å²) < 4.78 is 0. The number of H-pyrrole nitrogens is 1. The second-order valence-electron chi connectivity index (χ2n) is 10.8. The molecule has 2 aromatic heterocycles. The van der Waals surface area contributed by atoms with Crippen LogP contribution in [0.3, 0.4) is 0 Å². The van der Waals surface area contributed by atoms with E-state index < -0.39 is 0 Å². The van der Waals surface area contributed by atoms with Crippen LogP contribution in [-0.4, -0.2) is 22.9 Å². The number of anilines is 3. The number of para-hydroxylation sites is 1. The summed E-state index contributed by atoms with van der Waals surface area (Å²) in [5, 5.41) is 4.23. The van der Waals surface area contributed by atoms with Crippen molar-refractivity contribution < 1.29 is 4.79 Å². The predicted molar refractivity (Wildman–Crippen MR) is 158 cm³/mol. The van der Waals surface area contributed by atoms with Crippen LogP contribution < -0.4 is 10.2 Å². The van der Waals surface area contributed by atoms with Gasteiger partial charge in [-0.15, -0.1) is 0 Å². The fourth-order valence-electron chi connectivity index (χ4n) is 4.91. The molecule has 0 saturated heterocycles. The number of pyridine rings is 1. The topological polar surface area (TPSA) is 61.0 Å². The number of aromatic amines is 1. The van der Waals surface area contributed by atoms with Crippen molar-refractivity contribution in [1.29, 1.82) is 0 Å². The Morgan fingerprint density at radius 1 is 0.974 bits per heavy atom. The highest BCUT2D eigenvalue weighted by Gasteiger charge is 2.17. The molecule has 2 heterocycles. The number of aryl methyl sites for hydroxylation is 1. The molecule has 0 fully saturated rings. The number of rotatable bonds is 6. The molecule has 2 N–H and O–H groups in total. The van der Waals surface area contributed by atoms with E-state index in [1.165, 1.54) is 5.56 Å². The monoisotopic (exact) mass is 502 g/mol. The van der Waals surface area contributed by atoms with E-state index in [0.29, 0.717) is 6.42 Å². The molecule has 0 saturated carbocycles. The highest BCUT2D eigenvalue weighted by molar-refractivity contribution is 5.97. The number of nitrogens with one attached hydrogen (secondary N) is 2. The molecular weight excluding hydrogens is 468 g/mol. The second-order valence-corrected chi connectivity index (χ2v) is 10.8. The average Bonchev–Trinajstić information content (AvgIpc) is 3.23. The lowest BCUT2D eigenvalue weighted by molar-refractivity contribution is -0.115. The third-order valence-corrected chi connectivity index (χ3v) is 7.10. The number of nitrogens with zero attached hydrogens (tertiary/aromatic N) is 2. The molecule has 0 aliphatic carbocycles. The maximum atomic E-state index is 13.2. The Morgan fingerprint density at radius 3 is 2.45 bits per heavy atom. The molecule has 0 bridgehead atoms. The zero-order valence-electron chi connectivity index (χ0n) is 22.7. The Labute approximate surface area is 224 Å². The Balaban J connectivity index is 1.48. The highest BCUT2D eigenvalue weighted by atomic mass is 16.1. The Bertz CT molecular complexity index is 1580. The summed E-state index contributed by atoms with van der Waals surface area (Å²) in [6.45, 7) is 8.67. The number of hydrogen-bond donors (Lipinski definition) is 2. The predicted octanol–water partition coefficient (Wildman–Crippen LogP) is 7.78. The van der Waals surface area contributed by atoms with Crippen molar-refractivity contribution >= 4 is 33.9 Å². The molecule has 38 heavy (non-hydrogen) atoms. The van der Waals surface area contributed by atoms with E-state index >= 15 is 0 Å². The molecule has 0 radical (unpaired) electrons. The molecular formula is C33H34N4O. The first-order valence-electron chi connectivity index (χ1n) is 13.0. The molecule has 3 aromatic carbocycles. The van der Waals surface area contributed by atoms with Crippen LogP contribution >= 0.6 is 0 Å². The fourth-order valence-corrected chi connectivity index (χ4v) is 4.91. The minimum absolute atomic E-state index is 0.0414. The average molecular weight is 503 g/mol. The van der Waals surface area contributed by atoms with Crippen LogP contribution in [0.15, 0.2) is 91.3 Å². The van der Waals surface area contributed by atoms with Crippen LogP contribution in [-0.2, 0) is 16.6 Å². The molecule has 0 unspecified atom stereocenters. The van der Waals surface area contributed by atoms with Gasteiger partial charge in [-0.3, -0.25) is 9.78 Å². The summed E-state index contributed by atoms with van der Waals surface area (Å²) in [4.78, 5) is 23.0. The summed E-state index contributed by atoms with van der Waals surface area (Å²) in [5.41, 5.74) is 9.39. The zero-order chi connectivity index (χ0) is 26.9. The van der Waals surface area contributed by atoms with Crippen molar-refractivity contribution in [3.8, 4) is 11.1 Å². The van der Waals surface area contributed by atoms with Crippen molar-refractivity contribution in [1.82, 2.24) is 9.97 Å². The van der Waals surface area contributed by atoms with Gasteiger partial charge in [-0.05, 0) is 65.4 Å². The Kier molecular flexibility index (Phi) is 6.77. The normalized spacial score (nSPS) is 11.5. The molecule has 5 nitrogen and oxygen atoms in total. The third kappa shape index (κ3) is 5.18. The number of fused-ring (bicyclic) bond motifs is 1. The molecule has 5 rings (SSSR count). The molecule has 5 heteroatoms. The van der Waals surface area contributed by atoms with Gasteiger partial charge in [0.1, 0.15) is 0 Å². The molecule has 0 atom stereocenters. The van der Waals surface area contributed by atoms with Gasteiger partial charge < -0.3 is 15.2 Å². The van der Waals surface area contributed by atoms with Crippen LogP contribution in [0.4, 0.5) is 17.1 Å². The van der Waals surface area contributed by atoms with Crippen LogP contribution in [0.5, 0.6) is 0 Å². The largest absolute Gasteiger partial charge is 0.358 e. The number of benzene rings is 3. The van der Waals surface area contributed by atoms with E-state index in [0.717, 1.165) is 50.3 Å². The van der Waals surface area contributed by atoms with E-state index in [9.17, 15) is 4.79 Å². The molecule has 1 amide bonds. The first-order chi connectivity index (χ1) is 18.2. The van der Waals surface area contributed by atoms with Crippen LogP contribution in [0, 0.1) is 6.92 Å². The van der Waals surface area contributed by atoms with Crippen molar-refractivity contribution in [2.45, 2.75) is 39.5 Å². The van der Waals surface area contributed by atoms with Gasteiger partial charge in [0.25, 0.3) is 0 Å². The Morgan fingerprint density at radius 2 is 1.74 bits per heavy atom. The number of aromatic nitrogens is 2. The summed E-state index contributed by atoms with van der Waals surface area (Å²) in [7, 11) is 2.04. The lowest BCUT2D eigenvalue weighted by atomic mass is 9.86. The molecule has 5 aromatic rings. The van der Waals surface area contributed by atoms with Crippen molar-refractivity contribution in [3.05, 3.63) is 108 Å². The van der Waals surface area contributed by atoms with Crippen LogP contribution in [0.1, 0.15) is 37.6 Å². The summed E-state index contributed by atoms with van der Waals surface area (Å²) in [6.07, 6.45) is 3.94. The smallest absolute Gasteiger partial charge is 0.228 e. The maximum Gasteiger partial charge on any atom is 0.228 e. The third-order valence-electron chi connectivity index (χ3n) is 7.10. The molecule has 0 aliphatic rings. The minimum Gasteiger partial charge on any atom is -0.358 e. The molecule has 0 spiro atoms. The van der Waals surface area contributed by atoms with Crippen molar-refractivity contribution in [2.75, 3.05) is 17.3 Å². The number of carbonyl (C=O) groups is 1. The van der Waals surface area contributed by atoms with Gasteiger partial charge in [0.05, 0.1) is 18.3 Å². The SMILES string of the molecule is Cc1[nH]c2ccccc2c1CC(=O)Nc1ccc(N(C)c2cccnc2)c(-c2ccc(C(C)(C)C)cc2)c1. The van der Waals surface area contributed by atoms with Gasteiger partial charge in [-0.25, -0.2) is 0 Å². The second kappa shape index (κ2) is 10.2. The zero-order valence-corrected chi connectivity index (χ0v) is 22.7. The Hall–Kier alpha value is -4.38. The van der Waals surface area contributed by atoms with Crippen LogP contribution in [0.25, 0.3) is 22.0 Å². The summed E-state index contributed by atoms with van der Waals surface area (Å²) >= 11 is 0. The molecule has 0 aliphatic heterocycles. The van der Waals surface area contributed by atoms with Gasteiger partial charge in [-0.2, -0.15) is 0 Å². The lowest BCUT2D eigenvalue weighted by Crippen LogP contribution is -2.16. The fraction of sp³-hybridized carbons (Fsp3) is 0.212. The van der Waals surface area contributed by atoms with E-state index in [-0.39, 0.29) is 11.3 Å². The summed E-state index contributed by atoms with van der Waals surface area (Å²) in [6, 6.07) is 26.9. The minimum atomic E-state index is -0.0414. The van der Waals surface area contributed by atoms with E-state index in [4.69, 9.17) is 0 Å². The van der Waals surface area contributed by atoms with E-state index in [1.54, 1.807) is 6.20 Å². The molecule has 192 valence electrons. The first-order valence-corrected chi connectivity index (χ1v) is 13.0. The number of amides is 1. The summed E-state index contributed by atoms with van der Waals surface area (Å²) in [5.74, 6) is -0.0414. The quantitative estimate of drug-likeness (QED) is 0.249. The van der Waals surface area contributed by atoms with Crippen molar-refractivity contribution in [2.24, 2.45) is 0 Å². The van der Waals surface area contributed by atoms with Gasteiger partial charge >= 0.3 is 0 Å². The van der Waals surface area contributed by atoms with E-state index in [2.05, 4.69) is 83.4 Å². The number of carbonyl (C=O) groups excluding carboxylic acids is 1. The van der Waals surface area contributed by atoms with Gasteiger partial charge in [-0.1, -0.05) is 63.2 Å². The van der Waals surface area contributed by atoms with Gasteiger partial charge in [0.2, 0.25) is 5.91 Å².